The van der Waals surface area contributed by atoms with Gasteiger partial charge in [-0.05, 0) is 36.6 Å². The average molecular weight is 247 g/mol. The molecule has 1 heterocycles. The number of rotatable bonds is 3. The van der Waals surface area contributed by atoms with Crippen LogP contribution in [0.25, 0.3) is 11.3 Å². The minimum atomic E-state index is -1.15. The van der Waals surface area contributed by atoms with Gasteiger partial charge in [-0.1, -0.05) is 12.1 Å². The second kappa shape index (κ2) is 4.52. The zero-order chi connectivity index (χ0) is 13.3. The molecular formula is C13H13NO4. The maximum atomic E-state index is 10.7. The third kappa shape index (κ3) is 2.07. The molecule has 2 aromatic rings. The van der Waals surface area contributed by atoms with E-state index in [9.17, 15) is 9.90 Å². The summed E-state index contributed by atoms with van der Waals surface area (Å²) < 4.78 is 4.73. The smallest absolute Gasteiger partial charge is 0.374 e. The quantitative estimate of drug-likeness (QED) is 0.871. The van der Waals surface area contributed by atoms with Gasteiger partial charge < -0.3 is 14.7 Å². The number of aromatic nitrogens is 1. The molecule has 2 N–H and O–H groups in total. The zero-order valence-electron chi connectivity index (χ0n) is 10.1. The van der Waals surface area contributed by atoms with Crippen molar-refractivity contribution < 1.29 is 19.5 Å². The molecule has 18 heavy (non-hydrogen) atoms. The number of aromatic carboxylic acids is 1. The number of carboxylic acid groups (broad SMARTS) is 1. The molecule has 0 unspecified atom stereocenters. The summed E-state index contributed by atoms with van der Waals surface area (Å²) in [5.74, 6) is -1.11. The molecule has 0 spiro atoms. The van der Waals surface area contributed by atoms with Gasteiger partial charge >= 0.3 is 5.97 Å². The molecule has 0 saturated carbocycles. The van der Waals surface area contributed by atoms with Crippen LogP contribution in [0, 0.1) is 6.92 Å². The van der Waals surface area contributed by atoms with E-state index in [2.05, 4.69) is 5.16 Å². The van der Waals surface area contributed by atoms with Gasteiger partial charge in [-0.25, -0.2) is 4.79 Å². The summed E-state index contributed by atoms with van der Waals surface area (Å²) in [7, 11) is 0. The topological polar surface area (TPSA) is 83.6 Å². The number of carboxylic acids is 1. The fourth-order valence-electron chi connectivity index (χ4n) is 1.80. The summed E-state index contributed by atoms with van der Waals surface area (Å²) in [6.07, 6.45) is 0.683. The lowest BCUT2D eigenvalue weighted by atomic mass is 10.00. The monoisotopic (exact) mass is 247 g/mol. The fourth-order valence-corrected chi connectivity index (χ4v) is 1.80. The summed E-state index contributed by atoms with van der Waals surface area (Å²) in [6, 6.07) is 4.82. The zero-order valence-corrected chi connectivity index (χ0v) is 10.1. The average Bonchev–Trinajstić information content (AvgIpc) is 2.78. The van der Waals surface area contributed by atoms with Crippen molar-refractivity contribution in [3.8, 4) is 17.0 Å². The van der Waals surface area contributed by atoms with Crippen LogP contribution < -0.4 is 0 Å². The van der Waals surface area contributed by atoms with Crippen molar-refractivity contribution in [3.05, 3.63) is 35.1 Å². The Hall–Kier alpha value is -2.30. The van der Waals surface area contributed by atoms with Crippen molar-refractivity contribution >= 4 is 5.97 Å². The highest BCUT2D eigenvalue weighted by molar-refractivity contribution is 5.86. The van der Waals surface area contributed by atoms with E-state index >= 15 is 0 Å². The molecule has 0 aliphatic rings. The van der Waals surface area contributed by atoms with E-state index in [-0.39, 0.29) is 11.5 Å². The minimum absolute atomic E-state index is 0.199. The summed E-state index contributed by atoms with van der Waals surface area (Å²) in [6.45, 7) is 3.75. The van der Waals surface area contributed by atoms with E-state index in [1.165, 1.54) is 6.07 Å². The van der Waals surface area contributed by atoms with Crippen molar-refractivity contribution in [2.75, 3.05) is 0 Å². The van der Waals surface area contributed by atoms with Crippen molar-refractivity contribution in [3.63, 3.8) is 0 Å². The van der Waals surface area contributed by atoms with Gasteiger partial charge in [0.15, 0.2) is 0 Å². The van der Waals surface area contributed by atoms with Crippen LogP contribution in [0.15, 0.2) is 22.7 Å². The van der Waals surface area contributed by atoms with Crippen molar-refractivity contribution in [2.24, 2.45) is 0 Å². The molecule has 0 saturated heterocycles. The Morgan fingerprint density at radius 3 is 2.67 bits per heavy atom. The van der Waals surface area contributed by atoms with E-state index in [1.54, 1.807) is 12.1 Å². The van der Waals surface area contributed by atoms with Gasteiger partial charge in [-0.3, -0.25) is 0 Å². The first-order valence-electron chi connectivity index (χ1n) is 5.55. The molecule has 0 radical (unpaired) electrons. The van der Waals surface area contributed by atoms with Crippen LogP contribution in [0.4, 0.5) is 0 Å². The summed E-state index contributed by atoms with van der Waals surface area (Å²) in [5.41, 5.74) is 2.82. The lowest BCUT2D eigenvalue weighted by Crippen LogP contribution is -1.92. The molecule has 5 heteroatoms. The van der Waals surface area contributed by atoms with E-state index in [4.69, 9.17) is 9.63 Å². The Labute approximate surface area is 104 Å². The second-order valence-electron chi connectivity index (χ2n) is 4.03. The van der Waals surface area contributed by atoms with Gasteiger partial charge in [0.1, 0.15) is 11.4 Å². The van der Waals surface area contributed by atoms with Crippen LogP contribution in [-0.4, -0.2) is 21.3 Å². The maximum absolute atomic E-state index is 10.7. The van der Waals surface area contributed by atoms with Crippen molar-refractivity contribution in [2.45, 2.75) is 20.3 Å². The van der Waals surface area contributed by atoms with Crippen LogP contribution in [0.2, 0.25) is 0 Å². The molecule has 1 aromatic carbocycles. The predicted molar refractivity (Wildman–Crippen MR) is 64.7 cm³/mol. The lowest BCUT2D eigenvalue weighted by Gasteiger charge is -2.07. The molecule has 5 nitrogen and oxygen atoms in total. The molecule has 94 valence electrons. The first-order chi connectivity index (χ1) is 8.52. The van der Waals surface area contributed by atoms with Crippen molar-refractivity contribution in [1.82, 2.24) is 5.16 Å². The first-order valence-corrected chi connectivity index (χ1v) is 5.55. The highest BCUT2D eigenvalue weighted by atomic mass is 16.5. The Kier molecular flexibility index (Phi) is 3.06. The molecule has 0 fully saturated rings. The van der Waals surface area contributed by atoms with Crippen molar-refractivity contribution in [1.29, 1.82) is 0 Å². The van der Waals surface area contributed by atoms with Gasteiger partial charge in [-0.15, -0.1) is 0 Å². The largest absolute Gasteiger partial charge is 0.508 e. The van der Waals surface area contributed by atoms with Crippen LogP contribution in [0.5, 0.6) is 5.75 Å². The minimum Gasteiger partial charge on any atom is -0.508 e. The number of nitrogens with zero attached hydrogens (tertiary/aromatic N) is 1. The summed E-state index contributed by atoms with van der Waals surface area (Å²) >= 11 is 0. The number of benzene rings is 1. The van der Waals surface area contributed by atoms with Gasteiger partial charge in [0.2, 0.25) is 5.76 Å². The number of aromatic hydroxyl groups is 1. The standard InChI is InChI=1S/C13H13NO4/c1-3-8-5-9(7(2)4-11(8)15)10-6-12(13(16)17)18-14-10/h4-6,15H,3H2,1-2H3,(H,16,17). The maximum Gasteiger partial charge on any atom is 0.374 e. The fraction of sp³-hybridized carbons (Fsp3) is 0.231. The molecule has 0 aliphatic carbocycles. The van der Waals surface area contributed by atoms with Crippen LogP contribution >= 0.6 is 0 Å². The second-order valence-corrected chi connectivity index (χ2v) is 4.03. The summed E-state index contributed by atoms with van der Waals surface area (Å²) in [4.78, 5) is 10.7. The van der Waals surface area contributed by atoms with Crippen LogP contribution in [0.3, 0.4) is 0 Å². The molecule has 0 amide bonds. The van der Waals surface area contributed by atoms with E-state index < -0.39 is 5.97 Å². The predicted octanol–water partition coefficient (Wildman–Crippen LogP) is 2.62. The normalized spacial score (nSPS) is 10.6. The molecular weight excluding hydrogens is 234 g/mol. The van der Waals surface area contributed by atoms with E-state index in [0.29, 0.717) is 12.1 Å². The highest BCUT2D eigenvalue weighted by Gasteiger charge is 2.15. The Morgan fingerprint density at radius 2 is 2.11 bits per heavy atom. The number of hydrogen-bond donors (Lipinski definition) is 2. The van der Waals surface area contributed by atoms with E-state index in [1.807, 2.05) is 13.8 Å². The lowest BCUT2D eigenvalue weighted by molar-refractivity contribution is 0.0652. The first kappa shape index (κ1) is 12.2. The van der Waals surface area contributed by atoms with Crippen LogP contribution in [0.1, 0.15) is 28.6 Å². The van der Waals surface area contributed by atoms with Gasteiger partial charge in [0.25, 0.3) is 0 Å². The number of phenolic OH excluding ortho intramolecular Hbond substituents is 1. The van der Waals surface area contributed by atoms with Gasteiger partial charge in [0.05, 0.1) is 0 Å². The Morgan fingerprint density at radius 1 is 1.39 bits per heavy atom. The summed E-state index contributed by atoms with van der Waals surface area (Å²) in [5, 5.41) is 22.2. The SMILES string of the molecule is CCc1cc(-c2cc(C(=O)O)on2)c(C)cc1O. The number of phenols is 1. The third-order valence-electron chi connectivity index (χ3n) is 2.80. The number of carbonyl (C=O) groups is 1. The number of hydrogen-bond acceptors (Lipinski definition) is 4. The van der Waals surface area contributed by atoms with E-state index in [0.717, 1.165) is 16.7 Å². The Balaban J connectivity index is 2.52. The van der Waals surface area contributed by atoms with Gasteiger partial charge in [-0.2, -0.15) is 0 Å². The molecule has 2 rings (SSSR count). The molecule has 0 bridgehead atoms. The van der Waals surface area contributed by atoms with Crippen LogP contribution in [-0.2, 0) is 6.42 Å². The van der Waals surface area contributed by atoms with Gasteiger partial charge in [0, 0.05) is 11.6 Å². The highest BCUT2D eigenvalue weighted by Crippen LogP contribution is 2.29. The molecule has 0 aliphatic heterocycles. The third-order valence-corrected chi connectivity index (χ3v) is 2.80. The molecule has 0 atom stereocenters. The molecule has 1 aromatic heterocycles. The number of aryl methyl sites for hydroxylation is 2. The Bertz CT molecular complexity index is 601.